The lowest BCUT2D eigenvalue weighted by atomic mass is 10.2. The van der Waals surface area contributed by atoms with Crippen LogP contribution >= 0.6 is 11.6 Å². The standard InChI is InChI=1S/C18H18ClN7O2/c1-10-20-6-13(23-10)7-21-17-22-8-14-16(25-17)26(18(27)24-14)9-11-5-12(19)3-4-15(11)28-2/h3-6,8H,7,9H2,1-2H3,(H,20,23)(H,24,27)(H,21,22,25). The number of benzene rings is 1. The molecule has 3 heterocycles. The first-order valence-electron chi connectivity index (χ1n) is 8.56. The number of imidazole rings is 2. The van der Waals surface area contributed by atoms with E-state index in [-0.39, 0.29) is 12.2 Å². The van der Waals surface area contributed by atoms with Gasteiger partial charge in [0.1, 0.15) is 17.1 Å². The van der Waals surface area contributed by atoms with Crippen LogP contribution < -0.4 is 15.7 Å². The number of H-pyrrole nitrogens is 2. The zero-order chi connectivity index (χ0) is 19.7. The van der Waals surface area contributed by atoms with Gasteiger partial charge in [0.25, 0.3) is 0 Å². The van der Waals surface area contributed by atoms with E-state index in [1.807, 2.05) is 6.92 Å². The minimum absolute atomic E-state index is 0.263. The summed E-state index contributed by atoms with van der Waals surface area (Å²) >= 11 is 6.10. The number of nitrogens with one attached hydrogen (secondary N) is 3. The maximum absolute atomic E-state index is 12.5. The van der Waals surface area contributed by atoms with E-state index < -0.39 is 0 Å². The summed E-state index contributed by atoms with van der Waals surface area (Å²) in [5.41, 5.74) is 2.45. The van der Waals surface area contributed by atoms with E-state index >= 15 is 0 Å². The van der Waals surface area contributed by atoms with Crippen LogP contribution in [0.5, 0.6) is 5.75 Å². The molecule has 1 aromatic carbocycles. The fourth-order valence-electron chi connectivity index (χ4n) is 2.95. The zero-order valence-electron chi connectivity index (χ0n) is 15.3. The number of nitrogens with zero attached hydrogens (tertiary/aromatic N) is 4. The predicted molar refractivity (Wildman–Crippen MR) is 106 cm³/mol. The molecule has 3 aromatic heterocycles. The summed E-state index contributed by atoms with van der Waals surface area (Å²) in [4.78, 5) is 31.3. The molecule has 0 fully saturated rings. The van der Waals surface area contributed by atoms with E-state index in [1.165, 1.54) is 4.57 Å². The summed E-state index contributed by atoms with van der Waals surface area (Å²) in [5.74, 6) is 1.89. The highest BCUT2D eigenvalue weighted by Crippen LogP contribution is 2.24. The first-order valence-corrected chi connectivity index (χ1v) is 8.93. The van der Waals surface area contributed by atoms with Crippen molar-refractivity contribution in [2.75, 3.05) is 12.4 Å². The normalized spacial score (nSPS) is 11.1. The third-order valence-corrected chi connectivity index (χ3v) is 4.51. The SMILES string of the molecule is COc1ccc(Cl)cc1Cn1c(=O)[nH]c2cnc(NCc3cnc(C)[nH]3)nc21. The summed E-state index contributed by atoms with van der Waals surface area (Å²) in [6.45, 7) is 2.64. The van der Waals surface area contributed by atoms with E-state index in [4.69, 9.17) is 16.3 Å². The lowest BCUT2D eigenvalue weighted by Gasteiger charge is -2.10. The van der Waals surface area contributed by atoms with Gasteiger partial charge >= 0.3 is 5.69 Å². The van der Waals surface area contributed by atoms with Crippen molar-refractivity contribution in [2.45, 2.75) is 20.0 Å². The number of fused-ring (bicyclic) bond motifs is 1. The second-order valence-corrected chi connectivity index (χ2v) is 6.69. The highest BCUT2D eigenvalue weighted by molar-refractivity contribution is 6.30. The average Bonchev–Trinajstić information content (AvgIpc) is 3.23. The van der Waals surface area contributed by atoms with Crippen molar-refractivity contribution in [3.05, 3.63) is 63.2 Å². The first-order chi connectivity index (χ1) is 13.5. The molecule has 0 saturated carbocycles. The molecule has 0 unspecified atom stereocenters. The molecule has 0 aliphatic heterocycles. The van der Waals surface area contributed by atoms with Gasteiger partial charge in [-0.25, -0.2) is 14.8 Å². The molecule has 0 saturated heterocycles. The van der Waals surface area contributed by atoms with Gasteiger partial charge in [0.05, 0.1) is 38.3 Å². The molecule has 10 heteroatoms. The minimum Gasteiger partial charge on any atom is -0.496 e. The topological polar surface area (TPSA) is 114 Å². The van der Waals surface area contributed by atoms with Gasteiger partial charge < -0.3 is 20.0 Å². The van der Waals surface area contributed by atoms with Crippen LogP contribution in [0.3, 0.4) is 0 Å². The van der Waals surface area contributed by atoms with E-state index in [0.29, 0.717) is 34.4 Å². The Balaban J connectivity index is 1.66. The number of aromatic amines is 2. The fourth-order valence-corrected chi connectivity index (χ4v) is 3.15. The molecule has 0 aliphatic carbocycles. The van der Waals surface area contributed by atoms with Gasteiger partial charge in [-0.05, 0) is 25.1 Å². The molecule has 3 N–H and O–H groups in total. The second-order valence-electron chi connectivity index (χ2n) is 6.25. The average molecular weight is 400 g/mol. The van der Waals surface area contributed by atoms with Gasteiger partial charge in [0, 0.05) is 10.6 Å². The molecule has 28 heavy (non-hydrogen) atoms. The van der Waals surface area contributed by atoms with Crippen molar-refractivity contribution in [2.24, 2.45) is 0 Å². The van der Waals surface area contributed by atoms with Crippen LogP contribution in [0.1, 0.15) is 17.1 Å². The third-order valence-electron chi connectivity index (χ3n) is 4.27. The largest absolute Gasteiger partial charge is 0.496 e. The summed E-state index contributed by atoms with van der Waals surface area (Å²) in [7, 11) is 1.58. The Kier molecular flexibility index (Phi) is 4.74. The molecule has 0 radical (unpaired) electrons. The van der Waals surface area contributed by atoms with Crippen LogP contribution in [0.15, 0.2) is 35.4 Å². The number of halogens is 1. The number of ether oxygens (including phenoxy) is 1. The van der Waals surface area contributed by atoms with Crippen molar-refractivity contribution < 1.29 is 4.74 Å². The van der Waals surface area contributed by atoms with Crippen molar-refractivity contribution in [1.29, 1.82) is 0 Å². The lowest BCUT2D eigenvalue weighted by Crippen LogP contribution is -2.18. The number of rotatable bonds is 6. The van der Waals surface area contributed by atoms with Crippen LogP contribution in [0.2, 0.25) is 5.02 Å². The molecule has 144 valence electrons. The van der Waals surface area contributed by atoms with Crippen molar-refractivity contribution in [1.82, 2.24) is 29.5 Å². The molecule has 0 spiro atoms. The fraction of sp³-hybridized carbons (Fsp3) is 0.222. The van der Waals surface area contributed by atoms with E-state index in [2.05, 4.69) is 30.2 Å². The predicted octanol–water partition coefficient (Wildman–Crippen LogP) is 2.47. The highest BCUT2D eigenvalue weighted by Gasteiger charge is 2.13. The smallest absolute Gasteiger partial charge is 0.328 e. The number of aryl methyl sites for hydroxylation is 1. The summed E-state index contributed by atoms with van der Waals surface area (Å²) in [6, 6.07) is 5.28. The second kappa shape index (κ2) is 7.35. The molecular weight excluding hydrogens is 382 g/mol. The molecule has 4 aromatic rings. The number of hydrogen-bond acceptors (Lipinski definition) is 6. The quantitative estimate of drug-likeness (QED) is 0.459. The van der Waals surface area contributed by atoms with Crippen LogP contribution in [0.4, 0.5) is 5.95 Å². The van der Waals surface area contributed by atoms with Gasteiger partial charge in [0.2, 0.25) is 5.95 Å². The first kappa shape index (κ1) is 18.1. The Bertz CT molecular complexity index is 1190. The van der Waals surface area contributed by atoms with Crippen LogP contribution in [-0.4, -0.2) is 36.6 Å². The van der Waals surface area contributed by atoms with Gasteiger partial charge in [0.15, 0.2) is 5.65 Å². The number of hydrogen-bond donors (Lipinski definition) is 3. The Labute approximate surface area is 164 Å². The Morgan fingerprint density at radius 1 is 1.25 bits per heavy atom. The van der Waals surface area contributed by atoms with Gasteiger partial charge in [-0.3, -0.25) is 4.57 Å². The van der Waals surface area contributed by atoms with Crippen molar-refractivity contribution in [3.8, 4) is 5.75 Å². The highest BCUT2D eigenvalue weighted by atomic mass is 35.5. The van der Waals surface area contributed by atoms with E-state index in [9.17, 15) is 4.79 Å². The third kappa shape index (κ3) is 3.56. The van der Waals surface area contributed by atoms with Crippen molar-refractivity contribution >= 4 is 28.7 Å². The number of aromatic nitrogens is 6. The summed E-state index contributed by atoms with van der Waals surface area (Å²) in [6.07, 6.45) is 3.33. The van der Waals surface area contributed by atoms with E-state index in [1.54, 1.807) is 37.7 Å². The molecule has 0 atom stereocenters. The van der Waals surface area contributed by atoms with Gasteiger partial charge in [-0.15, -0.1) is 0 Å². The molecule has 0 aliphatic rings. The molecule has 0 amide bonds. The monoisotopic (exact) mass is 399 g/mol. The van der Waals surface area contributed by atoms with Crippen LogP contribution in [-0.2, 0) is 13.1 Å². The Morgan fingerprint density at radius 3 is 2.86 bits per heavy atom. The van der Waals surface area contributed by atoms with E-state index in [0.717, 1.165) is 17.1 Å². The Morgan fingerprint density at radius 2 is 2.11 bits per heavy atom. The minimum atomic E-state index is -0.285. The molecular formula is C18H18ClN7O2. The maximum atomic E-state index is 12.5. The molecule has 9 nitrogen and oxygen atoms in total. The summed E-state index contributed by atoms with van der Waals surface area (Å²) < 4.78 is 6.90. The van der Waals surface area contributed by atoms with Crippen LogP contribution in [0, 0.1) is 6.92 Å². The van der Waals surface area contributed by atoms with Gasteiger partial charge in [-0.2, -0.15) is 4.98 Å². The molecule has 0 bridgehead atoms. The van der Waals surface area contributed by atoms with Crippen LogP contribution in [0.25, 0.3) is 11.2 Å². The number of anilines is 1. The lowest BCUT2D eigenvalue weighted by molar-refractivity contribution is 0.408. The zero-order valence-corrected chi connectivity index (χ0v) is 16.0. The Hall–Kier alpha value is -3.33. The van der Waals surface area contributed by atoms with Crippen molar-refractivity contribution in [3.63, 3.8) is 0 Å². The maximum Gasteiger partial charge on any atom is 0.328 e. The number of methoxy groups -OCH3 is 1. The summed E-state index contributed by atoms with van der Waals surface area (Å²) in [5, 5.41) is 3.70. The molecule has 4 rings (SSSR count). The van der Waals surface area contributed by atoms with Gasteiger partial charge in [-0.1, -0.05) is 11.6 Å².